The second-order valence-corrected chi connectivity index (χ2v) is 13.1. The highest BCUT2D eigenvalue weighted by atomic mass is 15.0. The van der Waals surface area contributed by atoms with Gasteiger partial charge in [-0.05, 0) is 23.8 Å². The summed E-state index contributed by atoms with van der Waals surface area (Å²) in [5.74, 6) is 0.691. The van der Waals surface area contributed by atoms with Crippen LogP contribution in [-0.2, 0) is 0 Å². The molecule has 10 rings (SSSR count). The van der Waals surface area contributed by atoms with Gasteiger partial charge in [-0.1, -0.05) is 158 Å². The van der Waals surface area contributed by atoms with Crippen LogP contribution in [0.3, 0.4) is 0 Å². The highest BCUT2D eigenvalue weighted by Crippen LogP contribution is 2.40. The number of hydrogen-bond donors (Lipinski definition) is 0. The highest BCUT2D eigenvalue weighted by molar-refractivity contribution is 6.19. The number of fused-ring (bicyclic) bond motifs is 5. The lowest BCUT2D eigenvalue weighted by Gasteiger charge is -2.15. The Kier molecular flexibility index (Phi) is 7.40. The summed E-state index contributed by atoms with van der Waals surface area (Å²) < 4.78 is 2.13. The number of nitrogens with zero attached hydrogens (tertiary/aromatic N) is 5. The molecule has 0 spiro atoms. The molecule has 10 aromatic rings. The van der Waals surface area contributed by atoms with Gasteiger partial charge in [0.2, 0.25) is 0 Å². The Labute approximate surface area is 306 Å². The van der Waals surface area contributed by atoms with Gasteiger partial charge in [0.05, 0.1) is 28.3 Å². The normalized spacial score (nSPS) is 11.4. The van der Waals surface area contributed by atoms with Crippen molar-refractivity contribution in [2.45, 2.75) is 0 Å². The molecule has 0 saturated heterocycles. The number of aromatic nitrogens is 5. The zero-order chi connectivity index (χ0) is 35.1. The number of para-hydroxylation sites is 1. The third-order valence-corrected chi connectivity index (χ3v) is 9.82. The third kappa shape index (κ3) is 5.52. The van der Waals surface area contributed by atoms with Crippen LogP contribution in [0.2, 0.25) is 0 Å². The number of hydrogen-bond acceptors (Lipinski definition) is 4. The van der Waals surface area contributed by atoms with Crippen LogP contribution in [0, 0.1) is 0 Å². The third-order valence-electron chi connectivity index (χ3n) is 9.82. The minimum atomic E-state index is 0.691. The van der Waals surface area contributed by atoms with Crippen LogP contribution >= 0.6 is 0 Å². The largest absolute Gasteiger partial charge is 0.306 e. The first-order valence-corrected chi connectivity index (χ1v) is 17.7. The number of benzene rings is 6. The molecular weight excluding hydrogens is 647 g/mol. The molecule has 0 unspecified atom stereocenters. The lowest BCUT2D eigenvalue weighted by molar-refractivity contribution is 1.18. The summed E-state index contributed by atoms with van der Waals surface area (Å²) in [4.78, 5) is 20.8. The minimum absolute atomic E-state index is 0.691. The summed E-state index contributed by atoms with van der Waals surface area (Å²) in [6, 6.07) is 60.6. The Morgan fingerprint density at radius 2 is 0.943 bits per heavy atom. The van der Waals surface area contributed by atoms with E-state index < -0.39 is 0 Å². The molecule has 0 fully saturated rings. The van der Waals surface area contributed by atoms with E-state index in [1.54, 1.807) is 0 Å². The standard InChI is InChI=1S/C48H31N5/c1-5-15-32(16-6-1)41-30-42(50-47(49-41)35-21-11-4-12-22-35)37-24-13-23-36(29-37)38-25-14-26-39-44-40(45(52-46(38)39)34-19-9-3-10-20-34)27-28-53-31-43(51-48(44)53)33-17-7-2-8-18-33/h1-31H. The van der Waals surface area contributed by atoms with Gasteiger partial charge >= 0.3 is 0 Å². The first-order valence-electron chi connectivity index (χ1n) is 17.7. The molecule has 5 heteroatoms. The smallest absolute Gasteiger partial charge is 0.160 e. The topological polar surface area (TPSA) is 56.0 Å². The molecule has 0 aliphatic heterocycles. The fourth-order valence-corrected chi connectivity index (χ4v) is 7.26. The summed E-state index contributed by atoms with van der Waals surface area (Å²) in [5.41, 5.74) is 12.7. The van der Waals surface area contributed by atoms with Crippen LogP contribution in [0.25, 0.3) is 94.9 Å². The van der Waals surface area contributed by atoms with E-state index in [0.29, 0.717) is 5.82 Å². The van der Waals surface area contributed by atoms with Crippen LogP contribution in [-0.4, -0.2) is 24.3 Å². The first kappa shape index (κ1) is 30.6. The molecule has 0 amide bonds. The molecule has 0 atom stereocenters. The molecule has 248 valence electrons. The maximum absolute atomic E-state index is 5.47. The van der Waals surface area contributed by atoms with E-state index in [4.69, 9.17) is 19.9 Å². The molecule has 6 aromatic carbocycles. The van der Waals surface area contributed by atoms with Crippen LogP contribution in [0.1, 0.15) is 0 Å². The van der Waals surface area contributed by atoms with E-state index in [-0.39, 0.29) is 0 Å². The van der Waals surface area contributed by atoms with E-state index in [9.17, 15) is 0 Å². The molecule has 53 heavy (non-hydrogen) atoms. The van der Waals surface area contributed by atoms with Gasteiger partial charge in [-0.2, -0.15) is 0 Å². The van der Waals surface area contributed by atoms with E-state index in [0.717, 1.165) is 89.0 Å². The molecule has 0 aliphatic carbocycles. The van der Waals surface area contributed by atoms with Crippen molar-refractivity contribution < 1.29 is 0 Å². The molecule has 0 bridgehead atoms. The minimum Gasteiger partial charge on any atom is -0.306 e. The van der Waals surface area contributed by atoms with Crippen LogP contribution < -0.4 is 0 Å². The van der Waals surface area contributed by atoms with Crippen molar-refractivity contribution in [1.82, 2.24) is 24.3 Å². The monoisotopic (exact) mass is 677 g/mol. The SMILES string of the molecule is c1ccc(-c2cc(-c3cccc(-c4cccc5c4nc(-c4ccccc4)c4ccn6cc(-c7ccccc7)nc6c45)c3)nc(-c3ccccc3)n2)cc1. The van der Waals surface area contributed by atoms with Crippen LogP contribution in [0.4, 0.5) is 0 Å². The van der Waals surface area contributed by atoms with E-state index >= 15 is 0 Å². The second kappa shape index (κ2) is 12.8. The van der Waals surface area contributed by atoms with Crippen molar-refractivity contribution in [1.29, 1.82) is 0 Å². The van der Waals surface area contributed by atoms with Crippen molar-refractivity contribution in [3.05, 3.63) is 188 Å². The number of pyridine rings is 2. The molecule has 4 heterocycles. The average Bonchev–Trinajstić information content (AvgIpc) is 3.69. The van der Waals surface area contributed by atoms with Crippen molar-refractivity contribution in [3.63, 3.8) is 0 Å². The number of imidazole rings is 1. The van der Waals surface area contributed by atoms with Crippen molar-refractivity contribution in [2.75, 3.05) is 0 Å². The lowest BCUT2D eigenvalue weighted by atomic mass is 9.95. The predicted octanol–water partition coefficient (Wildman–Crippen LogP) is 11.8. The van der Waals surface area contributed by atoms with Gasteiger partial charge in [0.15, 0.2) is 5.82 Å². The summed E-state index contributed by atoms with van der Waals surface area (Å²) in [7, 11) is 0. The Balaban J connectivity index is 1.19. The molecular formula is C48H31N5. The molecule has 0 radical (unpaired) electrons. The van der Waals surface area contributed by atoms with Crippen molar-refractivity contribution in [3.8, 4) is 67.5 Å². The maximum atomic E-state index is 5.47. The van der Waals surface area contributed by atoms with Gasteiger partial charge in [0.25, 0.3) is 0 Å². The second-order valence-electron chi connectivity index (χ2n) is 13.1. The Morgan fingerprint density at radius 3 is 1.64 bits per heavy atom. The van der Waals surface area contributed by atoms with Gasteiger partial charge in [0, 0.05) is 61.9 Å². The quantitative estimate of drug-likeness (QED) is 0.164. The highest BCUT2D eigenvalue weighted by Gasteiger charge is 2.19. The Bertz CT molecular complexity index is 2860. The van der Waals surface area contributed by atoms with Crippen molar-refractivity contribution in [2.24, 2.45) is 0 Å². The van der Waals surface area contributed by atoms with E-state index in [1.165, 1.54) is 0 Å². The fourth-order valence-electron chi connectivity index (χ4n) is 7.26. The predicted molar refractivity (Wildman–Crippen MR) is 216 cm³/mol. The van der Waals surface area contributed by atoms with Crippen molar-refractivity contribution >= 4 is 27.3 Å². The molecule has 5 nitrogen and oxygen atoms in total. The Hall–Kier alpha value is -7.24. The molecule has 0 aliphatic rings. The molecule has 0 saturated carbocycles. The van der Waals surface area contributed by atoms with Crippen LogP contribution in [0.15, 0.2) is 188 Å². The summed E-state index contributed by atoms with van der Waals surface area (Å²) in [5, 5.41) is 3.20. The van der Waals surface area contributed by atoms with Gasteiger partial charge in [-0.25, -0.2) is 19.9 Å². The van der Waals surface area contributed by atoms with Gasteiger partial charge in [-0.3, -0.25) is 0 Å². The summed E-state index contributed by atoms with van der Waals surface area (Å²) in [6.45, 7) is 0. The van der Waals surface area contributed by atoms with E-state index in [1.807, 2.05) is 48.5 Å². The lowest BCUT2D eigenvalue weighted by Crippen LogP contribution is -1.96. The molecule has 0 N–H and O–H groups in total. The fraction of sp³-hybridized carbons (Fsp3) is 0. The van der Waals surface area contributed by atoms with Gasteiger partial charge in [0.1, 0.15) is 5.65 Å². The zero-order valence-electron chi connectivity index (χ0n) is 28.6. The van der Waals surface area contributed by atoms with Gasteiger partial charge in [-0.15, -0.1) is 0 Å². The summed E-state index contributed by atoms with van der Waals surface area (Å²) in [6.07, 6.45) is 4.21. The van der Waals surface area contributed by atoms with Gasteiger partial charge < -0.3 is 4.40 Å². The zero-order valence-corrected chi connectivity index (χ0v) is 28.6. The Morgan fingerprint density at radius 1 is 0.377 bits per heavy atom. The van der Waals surface area contributed by atoms with Crippen LogP contribution in [0.5, 0.6) is 0 Å². The van der Waals surface area contributed by atoms with E-state index in [2.05, 4.69) is 144 Å². The average molecular weight is 678 g/mol. The maximum Gasteiger partial charge on any atom is 0.160 e. The summed E-state index contributed by atoms with van der Waals surface area (Å²) >= 11 is 0. The number of rotatable bonds is 6. The first-order chi connectivity index (χ1) is 26.3. The molecule has 4 aromatic heterocycles.